The van der Waals surface area contributed by atoms with E-state index in [2.05, 4.69) is 0 Å². The van der Waals surface area contributed by atoms with Crippen molar-refractivity contribution < 1.29 is 9.84 Å². The molecule has 0 aliphatic heterocycles. The molecule has 3 N–H and O–H groups in total. The average molecular weight is 229 g/mol. The van der Waals surface area contributed by atoms with Crippen molar-refractivity contribution in [2.45, 2.75) is 69.9 Å². The summed E-state index contributed by atoms with van der Waals surface area (Å²) in [7, 11) is 0. The molecule has 0 aromatic heterocycles. The van der Waals surface area contributed by atoms with E-state index in [1.54, 1.807) is 0 Å². The molecule has 0 unspecified atom stereocenters. The minimum absolute atomic E-state index is 0.138. The highest BCUT2D eigenvalue weighted by molar-refractivity contribution is 4.87. The molecule has 16 heavy (non-hydrogen) atoms. The van der Waals surface area contributed by atoms with Crippen molar-refractivity contribution in [3.05, 3.63) is 0 Å². The van der Waals surface area contributed by atoms with Crippen LogP contribution in [0.15, 0.2) is 0 Å². The molecule has 3 heteroatoms. The third-order valence-corrected chi connectivity index (χ3v) is 3.93. The van der Waals surface area contributed by atoms with Gasteiger partial charge in [-0.1, -0.05) is 33.1 Å². The zero-order chi connectivity index (χ0) is 12.1. The second-order valence-corrected chi connectivity index (χ2v) is 5.35. The standard InChI is InChI=1S/C13H27NO2/c1-3-13(15,4-2)11-16-10-12(14)8-6-5-7-9-12/h15H,3-11,14H2,1-2H3. The van der Waals surface area contributed by atoms with Gasteiger partial charge in [-0.05, 0) is 25.7 Å². The Balaban J connectivity index is 2.28. The van der Waals surface area contributed by atoms with E-state index < -0.39 is 5.60 Å². The van der Waals surface area contributed by atoms with E-state index in [-0.39, 0.29) is 5.54 Å². The minimum Gasteiger partial charge on any atom is -0.388 e. The van der Waals surface area contributed by atoms with Crippen LogP contribution in [0.3, 0.4) is 0 Å². The van der Waals surface area contributed by atoms with Gasteiger partial charge in [0, 0.05) is 5.54 Å². The summed E-state index contributed by atoms with van der Waals surface area (Å²) in [6, 6.07) is 0. The second kappa shape index (κ2) is 5.99. The van der Waals surface area contributed by atoms with Crippen molar-refractivity contribution in [3.8, 4) is 0 Å². The highest BCUT2D eigenvalue weighted by Crippen LogP contribution is 2.26. The first-order valence-electron chi connectivity index (χ1n) is 6.63. The molecule has 3 nitrogen and oxygen atoms in total. The Morgan fingerprint density at radius 2 is 1.75 bits per heavy atom. The Morgan fingerprint density at radius 3 is 2.25 bits per heavy atom. The lowest BCUT2D eigenvalue weighted by molar-refractivity contribution is -0.0640. The summed E-state index contributed by atoms with van der Waals surface area (Å²) < 4.78 is 5.65. The maximum Gasteiger partial charge on any atom is 0.0874 e. The largest absolute Gasteiger partial charge is 0.388 e. The third-order valence-electron chi connectivity index (χ3n) is 3.93. The highest BCUT2D eigenvalue weighted by atomic mass is 16.5. The molecule has 96 valence electrons. The molecule has 0 spiro atoms. The van der Waals surface area contributed by atoms with Gasteiger partial charge in [-0.2, -0.15) is 0 Å². The fraction of sp³-hybridized carbons (Fsp3) is 1.00. The van der Waals surface area contributed by atoms with E-state index in [1.165, 1.54) is 19.3 Å². The summed E-state index contributed by atoms with van der Waals surface area (Å²) in [6.45, 7) is 4.99. The molecule has 1 aliphatic carbocycles. The predicted molar refractivity (Wildman–Crippen MR) is 66.4 cm³/mol. The number of hydrogen-bond acceptors (Lipinski definition) is 3. The fourth-order valence-corrected chi connectivity index (χ4v) is 2.30. The molecule has 0 heterocycles. The van der Waals surface area contributed by atoms with Crippen LogP contribution >= 0.6 is 0 Å². The van der Waals surface area contributed by atoms with Crippen LogP contribution in [-0.2, 0) is 4.74 Å². The van der Waals surface area contributed by atoms with Crippen LogP contribution in [0.4, 0.5) is 0 Å². The summed E-state index contributed by atoms with van der Waals surface area (Å²) in [4.78, 5) is 0. The van der Waals surface area contributed by atoms with Crippen LogP contribution < -0.4 is 5.73 Å². The van der Waals surface area contributed by atoms with Crippen LogP contribution in [0.2, 0.25) is 0 Å². The van der Waals surface area contributed by atoms with E-state index in [1.807, 2.05) is 13.8 Å². The summed E-state index contributed by atoms with van der Waals surface area (Å²) in [6.07, 6.45) is 7.32. The maximum atomic E-state index is 10.1. The van der Waals surface area contributed by atoms with E-state index in [9.17, 15) is 5.11 Å². The third kappa shape index (κ3) is 4.04. The molecule has 1 rings (SSSR count). The van der Waals surface area contributed by atoms with Gasteiger partial charge in [0.05, 0.1) is 18.8 Å². The van der Waals surface area contributed by atoms with Gasteiger partial charge in [-0.3, -0.25) is 0 Å². The Hall–Kier alpha value is -0.120. The number of rotatable bonds is 6. The molecule has 1 fully saturated rings. The van der Waals surface area contributed by atoms with Crippen LogP contribution in [-0.4, -0.2) is 29.5 Å². The van der Waals surface area contributed by atoms with Crippen molar-refractivity contribution in [1.82, 2.24) is 0 Å². The van der Waals surface area contributed by atoms with E-state index in [0.717, 1.165) is 25.7 Å². The van der Waals surface area contributed by atoms with Crippen molar-refractivity contribution in [3.63, 3.8) is 0 Å². The van der Waals surface area contributed by atoms with Gasteiger partial charge in [0.1, 0.15) is 0 Å². The smallest absolute Gasteiger partial charge is 0.0874 e. The highest BCUT2D eigenvalue weighted by Gasteiger charge is 2.29. The number of ether oxygens (including phenoxy) is 1. The Bertz CT molecular complexity index is 196. The zero-order valence-corrected chi connectivity index (χ0v) is 10.8. The Kier molecular flexibility index (Phi) is 5.22. The lowest BCUT2D eigenvalue weighted by Gasteiger charge is -2.34. The van der Waals surface area contributed by atoms with Crippen LogP contribution in [0.1, 0.15) is 58.8 Å². The van der Waals surface area contributed by atoms with Gasteiger partial charge in [0.25, 0.3) is 0 Å². The Morgan fingerprint density at radius 1 is 1.19 bits per heavy atom. The molecule has 0 aromatic carbocycles. The molecule has 0 bridgehead atoms. The van der Waals surface area contributed by atoms with Gasteiger partial charge in [-0.25, -0.2) is 0 Å². The molecule has 0 atom stereocenters. The number of aliphatic hydroxyl groups is 1. The number of hydrogen-bond donors (Lipinski definition) is 2. The minimum atomic E-state index is -0.662. The quantitative estimate of drug-likeness (QED) is 0.734. The average Bonchev–Trinajstić information content (AvgIpc) is 2.29. The lowest BCUT2D eigenvalue weighted by atomic mass is 9.83. The van der Waals surface area contributed by atoms with E-state index in [0.29, 0.717) is 13.2 Å². The van der Waals surface area contributed by atoms with E-state index in [4.69, 9.17) is 10.5 Å². The SMILES string of the molecule is CCC(O)(CC)COCC1(N)CCCCC1. The summed E-state index contributed by atoms with van der Waals surface area (Å²) in [5.41, 5.74) is 5.46. The van der Waals surface area contributed by atoms with Crippen LogP contribution in [0, 0.1) is 0 Å². The van der Waals surface area contributed by atoms with Crippen LogP contribution in [0.5, 0.6) is 0 Å². The maximum absolute atomic E-state index is 10.1. The van der Waals surface area contributed by atoms with Gasteiger partial charge in [0.2, 0.25) is 0 Å². The normalized spacial score (nSPS) is 21.0. The molecule has 1 saturated carbocycles. The Labute approximate surface area is 99.4 Å². The van der Waals surface area contributed by atoms with Crippen molar-refractivity contribution in [1.29, 1.82) is 0 Å². The molecule has 0 radical (unpaired) electrons. The monoisotopic (exact) mass is 229 g/mol. The fourth-order valence-electron chi connectivity index (χ4n) is 2.30. The van der Waals surface area contributed by atoms with Gasteiger partial charge >= 0.3 is 0 Å². The summed E-state index contributed by atoms with van der Waals surface area (Å²) in [5, 5.41) is 10.1. The molecule has 0 aromatic rings. The first-order chi connectivity index (χ1) is 7.54. The van der Waals surface area contributed by atoms with Crippen LogP contribution in [0.25, 0.3) is 0 Å². The zero-order valence-electron chi connectivity index (χ0n) is 10.8. The van der Waals surface area contributed by atoms with Crippen molar-refractivity contribution >= 4 is 0 Å². The molecule has 0 saturated heterocycles. The van der Waals surface area contributed by atoms with E-state index >= 15 is 0 Å². The molecule has 0 amide bonds. The molecular weight excluding hydrogens is 202 g/mol. The van der Waals surface area contributed by atoms with Crippen molar-refractivity contribution in [2.75, 3.05) is 13.2 Å². The first-order valence-corrected chi connectivity index (χ1v) is 6.63. The first kappa shape index (κ1) is 13.9. The second-order valence-electron chi connectivity index (χ2n) is 5.35. The lowest BCUT2D eigenvalue weighted by Crippen LogP contribution is -2.47. The molecule has 1 aliphatic rings. The number of nitrogens with two attached hydrogens (primary N) is 1. The van der Waals surface area contributed by atoms with Gasteiger partial charge < -0.3 is 15.6 Å². The molecular formula is C13H27NO2. The predicted octanol–water partition coefficient (Wildman–Crippen LogP) is 2.22. The summed E-state index contributed by atoms with van der Waals surface area (Å²) in [5.74, 6) is 0. The summed E-state index contributed by atoms with van der Waals surface area (Å²) >= 11 is 0. The topological polar surface area (TPSA) is 55.5 Å². The van der Waals surface area contributed by atoms with Gasteiger partial charge in [-0.15, -0.1) is 0 Å². The van der Waals surface area contributed by atoms with Crippen molar-refractivity contribution in [2.24, 2.45) is 5.73 Å². The van der Waals surface area contributed by atoms with Gasteiger partial charge in [0.15, 0.2) is 0 Å².